The van der Waals surface area contributed by atoms with Gasteiger partial charge in [0.2, 0.25) is 17.7 Å². The minimum atomic E-state index is -0.425. The summed E-state index contributed by atoms with van der Waals surface area (Å²) in [6.45, 7) is 3.91. The summed E-state index contributed by atoms with van der Waals surface area (Å²) < 4.78 is 27.3. The van der Waals surface area contributed by atoms with Crippen LogP contribution in [0.25, 0.3) is 33.6 Å². The normalized spacial score (nSPS) is 17.8. The Hall–Kier alpha value is -4.29. The molecule has 10 nitrogen and oxygen atoms in total. The van der Waals surface area contributed by atoms with Crippen LogP contribution in [0.2, 0.25) is 10.0 Å². The molecule has 13 heteroatoms. The Morgan fingerprint density at radius 3 is 1.95 bits per heavy atom. The number of nitrogens with zero attached hydrogens (tertiary/aromatic N) is 4. The number of ether oxygens (including phenoxy) is 2. The van der Waals surface area contributed by atoms with Crippen LogP contribution in [0.3, 0.4) is 0 Å². The molecule has 2 aliphatic carbocycles. The first-order valence-electron chi connectivity index (χ1n) is 20.1. The van der Waals surface area contributed by atoms with Crippen molar-refractivity contribution in [2.45, 2.75) is 76.5 Å². The third-order valence-corrected chi connectivity index (χ3v) is 12.6. The van der Waals surface area contributed by atoms with E-state index in [1.807, 2.05) is 40.1 Å². The zero-order chi connectivity index (χ0) is 39.6. The second-order valence-electron chi connectivity index (χ2n) is 15.7. The molecule has 0 radical (unpaired) electrons. The fraction of sp³-hybridized carbons (Fsp3) is 0.455. The summed E-state index contributed by atoms with van der Waals surface area (Å²) in [5.41, 5.74) is 4.91. The van der Waals surface area contributed by atoms with Crippen LogP contribution in [0.15, 0.2) is 54.7 Å². The largest absolute Gasteiger partial charge is 0.496 e. The Labute approximate surface area is 343 Å². The number of pyridine rings is 2. The van der Waals surface area contributed by atoms with E-state index in [2.05, 4.69) is 15.6 Å². The molecule has 2 N–H and O–H groups in total. The summed E-state index contributed by atoms with van der Waals surface area (Å²) in [6.07, 6.45) is 9.22. The number of hydrogen-bond acceptors (Lipinski definition) is 8. The first kappa shape index (κ1) is 39.5. The molecule has 0 unspecified atom stereocenters. The molecule has 2 aromatic heterocycles. The number of likely N-dealkylation sites (tertiary alicyclic amines) is 2. The molecule has 0 atom stereocenters. The van der Waals surface area contributed by atoms with Crippen LogP contribution >= 0.6 is 23.2 Å². The zero-order valence-electron chi connectivity index (χ0n) is 32.5. The number of halogens is 3. The van der Waals surface area contributed by atoms with Gasteiger partial charge in [-0.25, -0.2) is 9.37 Å². The van der Waals surface area contributed by atoms with E-state index >= 15 is 4.39 Å². The van der Waals surface area contributed by atoms with Crippen molar-refractivity contribution in [1.29, 1.82) is 0 Å². The molecule has 4 fully saturated rings. The van der Waals surface area contributed by atoms with Gasteiger partial charge in [-0.15, -0.1) is 0 Å². The maximum absolute atomic E-state index is 15.9. The first-order chi connectivity index (χ1) is 27.7. The number of nitrogens with one attached hydrogen (secondary N) is 2. The van der Waals surface area contributed by atoms with Gasteiger partial charge in [0, 0.05) is 103 Å². The summed E-state index contributed by atoms with van der Waals surface area (Å²) in [4.78, 5) is 38.3. The highest BCUT2D eigenvalue weighted by Gasteiger charge is 2.36. The Balaban J connectivity index is 0.952. The van der Waals surface area contributed by atoms with Gasteiger partial charge in [-0.2, -0.15) is 0 Å². The van der Waals surface area contributed by atoms with Gasteiger partial charge in [0.15, 0.2) is 0 Å². The molecule has 2 saturated heterocycles. The summed E-state index contributed by atoms with van der Waals surface area (Å²) in [5, 5.41) is 7.90. The number of methoxy groups -OCH3 is 2. The third kappa shape index (κ3) is 8.77. The summed E-state index contributed by atoms with van der Waals surface area (Å²) >= 11 is 14.2. The first-order valence-corrected chi connectivity index (χ1v) is 20.9. The second kappa shape index (κ2) is 17.3. The van der Waals surface area contributed by atoms with Crippen LogP contribution in [0.4, 0.5) is 4.39 Å². The summed E-state index contributed by atoms with van der Waals surface area (Å²) in [5.74, 6) is 1.56. The Kier molecular flexibility index (Phi) is 12.0. The Morgan fingerprint density at radius 1 is 0.754 bits per heavy atom. The van der Waals surface area contributed by atoms with Crippen molar-refractivity contribution in [3.8, 4) is 45.3 Å². The van der Waals surface area contributed by atoms with E-state index in [1.165, 1.54) is 13.2 Å². The van der Waals surface area contributed by atoms with E-state index in [0.717, 1.165) is 83.1 Å². The van der Waals surface area contributed by atoms with Crippen molar-refractivity contribution >= 4 is 35.0 Å². The quantitative estimate of drug-likeness (QED) is 0.140. The van der Waals surface area contributed by atoms with E-state index in [-0.39, 0.29) is 23.8 Å². The molecule has 57 heavy (non-hydrogen) atoms. The average Bonchev–Trinajstić information content (AvgIpc) is 4.18. The van der Waals surface area contributed by atoms with Crippen LogP contribution in [0.1, 0.15) is 62.5 Å². The molecule has 300 valence electrons. The fourth-order valence-corrected chi connectivity index (χ4v) is 8.76. The molecule has 0 bridgehead atoms. The Morgan fingerprint density at radius 2 is 1.35 bits per heavy atom. The van der Waals surface area contributed by atoms with Crippen molar-refractivity contribution in [2.75, 3.05) is 40.4 Å². The third-order valence-electron chi connectivity index (χ3n) is 11.8. The smallest absolute Gasteiger partial charge is 0.225 e. The second-order valence-corrected chi connectivity index (χ2v) is 16.5. The SMILES string of the molecule is COc1cc(-c2nccc(-c3cccc(-c4ccc(CNC5CCN(C(=O)C6CC6)CC5)c(OC)n4)c3Cl)c2Cl)cc(F)c1CNC1CCN(C(=O)C2CC2)CC1. The lowest BCUT2D eigenvalue weighted by molar-refractivity contribution is -0.134. The van der Waals surface area contributed by atoms with Crippen molar-refractivity contribution < 1.29 is 23.5 Å². The van der Waals surface area contributed by atoms with Gasteiger partial charge in [-0.3, -0.25) is 14.6 Å². The molecule has 0 spiro atoms. The van der Waals surface area contributed by atoms with Gasteiger partial charge in [0.1, 0.15) is 11.6 Å². The van der Waals surface area contributed by atoms with Crippen LogP contribution in [0, 0.1) is 17.7 Å². The number of rotatable bonds is 13. The Bertz CT molecular complexity index is 2130. The molecular weight excluding hydrogens is 766 g/mol. The van der Waals surface area contributed by atoms with Crippen LogP contribution in [-0.4, -0.2) is 84.1 Å². The van der Waals surface area contributed by atoms with Crippen molar-refractivity contribution in [3.63, 3.8) is 0 Å². The minimum absolute atomic E-state index is 0.181. The van der Waals surface area contributed by atoms with Crippen LogP contribution in [0.5, 0.6) is 11.6 Å². The van der Waals surface area contributed by atoms with E-state index in [0.29, 0.717) is 85.9 Å². The van der Waals surface area contributed by atoms with Crippen molar-refractivity contribution in [3.05, 3.63) is 81.7 Å². The van der Waals surface area contributed by atoms with Gasteiger partial charge >= 0.3 is 0 Å². The van der Waals surface area contributed by atoms with Crippen molar-refractivity contribution in [2.24, 2.45) is 11.8 Å². The molecule has 2 aromatic carbocycles. The van der Waals surface area contributed by atoms with E-state index in [4.69, 9.17) is 37.7 Å². The highest BCUT2D eigenvalue weighted by Crippen LogP contribution is 2.43. The van der Waals surface area contributed by atoms with Crippen LogP contribution < -0.4 is 20.1 Å². The summed E-state index contributed by atoms with van der Waals surface area (Å²) in [6, 6.07) is 15.1. The van der Waals surface area contributed by atoms with Gasteiger partial charge in [0.05, 0.1) is 35.7 Å². The number of amides is 2. The number of carbonyl (C=O) groups excluding carboxylic acids is 2. The molecular formula is C44H49Cl2FN6O4. The average molecular weight is 816 g/mol. The molecule has 2 aliphatic heterocycles. The van der Waals surface area contributed by atoms with Crippen molar-refractivity contribution in [1.82, 2.24) is 30.4 Å². The number of aromatic nitrogens is 2. The number of hydrogen-bond donors (Lipinski definition) is 2. The maximum Gasteiger partial charge on any atom is 0.225 e. The number of carbonyl (C=O) groups is 2. The highest BCUT2D eigenvalue weighted by molar-refractivity contribution is 6.39. The monoisotopic (exact) mass is 814 g/mol. The van der Waals surface area contributed by atoms with Gasteiger partial charge in [-0.1, -0.05) is 47.5 Å². The van der Waals surface area contributed by atoms with Gasteiger partial charge < -0.3 is 29.9 Å². The fourth-order valence-electron chi connectivity index (χ4n) is 8.11. The predicted octanol–water partition coefficient (Wildman–Crippen LogP) is 7.92. The van der Waals surface area contributed by atoms with E-state index in [9.17, 15) is 9.59 Å². The van der Waals surface area contributed by atoms with Crippen LogP contribution in [-0.2, 0) is 22.7 Å². The molecule has 4 aliphatic rings. The topological polar surface area (TPSA) is 109 Å². The molecule has 2 saturated carbocycles. The minimum Gasteiger partial charge on any atom is -0.496 e. The van der Waals surface area contributed by atoms with Gasteiger partial charge in [-0.05, 0) is 75.6 Å². The highest BCUT2D eigenvalue weighted by atomic mass is 35.5. The summed E-state index contributed by atoms with van der Waals surface area (Å²) in [7, 11) is 3.13. The molecule has 4 aromatic rings. The van der Waals surface area contributed by atoms with E-state index < -0.39 is 5.82 Å². The number of benzene rings is 2. The lowest BCUT2D eigenvalue weighted by atomic mass is 9.98. The predicted molar refractivity (Wildman–Crippen MR) is 220 cm³/mol. The molecule has 8 rings (SSSR count). The zero-order valence-corrected chi connectivity index (χ0v) is 34.0. The van der Waals surface area contributed by atoms with E-state index in [1.54, 1.807) is 25.4 Å². The molecule has 2 amide bonds. The molecule has 4 heterocycles. The maximum atomic E-state index is 15.9. The lowest BCUT2D eigenvalue weighted by Gasteiger charge is -2.32. The standard InChI is InChI=1S/C44H49Cl2FN6O4/c1-56-38-23-29(22-36(47)35(38)25-50-31-15-20-53(21-16-31)44(55)27-8-9-27)41-40(46)33(12-17-48-41)32-4-3-5-34(39(32)45)37-11-10-28(42(51-37)57-2)24-49-30-13-18-52(19-14-30)43(54)26-6-7-26/h3-5,10-12,17,22-23,26-27,30-31,49-50H,6-9,13-16,18-21,24-25H2,1-2H3. The number of piperidine rings is 2. The van der Waals surface area contributed by atoms with Gasteiger partial charge in [0.25, 0.3) is 0 Å². The lowest BCUT2D eigenvalue weighted by Crippen LogP contribution is -2.45.